The molecular weight excluding hydrogens is 359 g/mol. The monoisotopic (exact) mass is 384 g/mol. The summed E-state index contributed by atoms with van der Waals surface area (Å²) in [7, 11) is -0.465. The molecule has 142 valence electrons. The summed E-state index contributed by atoms with van der Waals surface area (Å²) in [4.78, 5) is 11.5. The largest absolute Gasteiger partial charge is 0.491 e. The lowest BCUT2D eigenvalue weighted by atomic mass is 9.78. The predicted octanol–water partition coefficient (Wildman–Crippen LogP) is 4.17. The number of benzene rings is 1. The molecule has 27 heavy (non-hydrogen) atoms. The Kier molecular flexibility index (Phi) is 5.65. The fourth-order valence-electron chi connectivity index (χ4n) is 2.72. The number of carbonyl (C=O) groups is 1. The van der Waals surface area contributed by atoms with Crippen molar-refractivity contribution in [3.05, 3.63) is 53.8 Å². The van der Waals surface area contributed by atoms with E-state index in [2.05, 4.69) is 5.10 Å². The van der Waals surface area contributed by atoms with E-state index in [0.717, 1.165) is 16.7 Å². The highest BCUT2D eigenvalue weighted by Crippen LogP contribution is 2.39. The number of aromatic nitrogens is 2. The Balaban J connectivity index is 1.85. The highest BCUT2D eigenvalue weighted by atomic mass is 32.2. The summed E-state index contributed by atoms with van der Waals surface area (Å²) >= 11 is 1.27. The van der Waals surface area contributed by atoms with Gasteiger partial charge in [-0.25, -0.2) is 4.68 Å². The van der Waals surface area contributed by atoms with Crippen LogP contribution < -0.4 is 0 Å². The van der Waals surface area contributed by atoms with E-state index in [9.17, 15) is 4.79 Å². The maximum atomic E-state index is 11.5. The van der Waals surface area contributed by atoms with Gasteiger partial charge in [-0.3, -0.25) is 4.79 Å². The van der Waals surface area contributed by atoms with Crippen molar-refractivity contribution in [2.75, 3.05) is 5.75 Å². The van der Waals surface area contributed by atoms with Crippen LogP contribution in [-0.4, -0.2) is 39.0 Å². The molecule has 0 saturated carbocycles. The van der Waals surface area contributed by atoms with Crippen molar-refractivity contribution >= 4 is 30.1 Å². The molecule has 0 N–H and O–H groups in total. The maximum absolute atomic E-state index is 11.5. The first-order chi connectivity index (χ1) is 12.7. The van der Waals surface area contributed by atoms with Gasteiger partial charge < -0.3 is 9.31 Å². The summed E-state index contributed by atoms with van der Waals surface area (Å²) in [6, 6.07) is 9.97. The van der Waals surface area contributed by atoms with Crippen molar-refractivity contribution in [2.45, 2.75) is 45.8 Å². The van der Waals surface area contributed by atoms with E-state index in [1.807, 2.05) is 75.0 Å². The van der Waals surface area contributed by atoms with Crippen LogP contribution in [0, 0.1) is 0 Å². The highest BCUT2D eigenvalue weighted by Gasteiger charge is 2.52. The van der Waals surface area contributed by atoms with Crippen LogP contribution in [0.5, 0.6) is 0 Å². The summed E-state index contributed by atoms with van der Waals surface area (Å²) in [6.07, 6.45) is 5.71. The van der Waals surface area contributed by atoms with Crippen molar-refractivity contribution in [1.82, 2.24) is 9.78 Å². The quantitative estimate of drug-likeness (QED) is 0.725. The summed E-state index contributed by atoms with van der Waals surface area (Å²) < 4.78 is 14.2. The van der Waals surface area contributed by atoms with Gasteiger partial charge >= 0.3 is 7.12 Å². The average Bonchev–Trinajstić information content (AvgIpc) is 3.18. The molecule has 0 atom stereocenters. The maximum Gasteiger partial charge on any atom is 0.491 e. The van der Waals surface area contributed by atoms with Crippen LogP contribution in [0.3, 0.4) is 0 Å². The minimum atomic E-state index is -0.465. The minimum Gasteiger partial charge on any atom is -0.400 e. The Hall–Kier alpha value is -1.83. The third-order valence-electron chi connectivity index (χ3n) is 5.01. The van der Waals surface area contributed by atoms with Gasteiger partial charge in [-0.05, 0) is 56.9 Å². The summed E-state index contributed by atoms with van der Waals surface area (Å²) in [6.45, 7) is 9.69. The summed E-state index contributed by atoms with van der Waals surface area (Å²) in [5.74, 6) is 0.535. The third kappa shape index (κ3) is 4.54. The molecule has 0 unspecified atom stereocenters. The second-order valence-corrected chi connectivity index (χ2v) is 8.78. The van der Waals surface area contributed by atoms with Gasteiger partial charge in [-0.15, -0.1) is 0 Å². The molecule has 1 aliphatic rings. The number of thioether (sulfide) groups is 1. The molecule has 2 aromatic rings. The Morgan fingerprint density at radius 1 is 1.19 bits per heavy atom. The van der Waals surface area contributed by atoms with Crippen molar-refractivity contribution in [3.63, 3.8) is 0 Å². The molecule has 0 radical (unpaired) electrons. The molecule has 5 nitrogen and oxygen atoms in total. The van der Waals surface area contributed by atoms with Gasteiger partial charge in [0.1, 0.15) is 0 Å². The van der Waals surface area contributed by atoms with Crippen LogP contribution in [0.25, 0.3) is 11.8 Å². The molecule has 1 aliphatic heterocycles. The van der Waals surface area contributed by atoms with E-state index in [0.29, 0.717) is 5.75 Å². The third-order valence-corrected chi connectivity index (χ3v) is 5.90. The molecule has 0 bridgehead atoms. The zero-order chi connectivity index (χ0) is 19.7. The lowest BCUT2D eigenvalue weighted by molar-refractivity contribution is -0.109. The number of nitrogens with zero attached hydrogens (tertiary/aromatic N) is 2. The second-order valence-electron chi connectivity index (χ2n) is 7.63. The molecule has 2 heterocycles. The second kappa shape index (κ2) is 7.66. The first kappa shape index (κ1) is 19.9. The predicted molar refractivity (Wildman–Crippen MR) is 111 cm³/mol. The molecule has 3 rings (SSSR count). The Morgan fingerprint density at radius 3 is 2.33 bits per heavy atom. The molecule has 0 spiro atoms. The van der Waals surface area contributed by atoms with Gasteiger partial charge in [0, 0.05) is 25.1 Å². The van der Waals surface area contributed by atoms with Gasteiger partial charge in [0.2, 0.25) is 0 Å². The van der Waals surface area contributed by atoms with Gasteiger partial charge in [-0.2, -0.15) is 5.10 Å². The molecule has 7 heteroatoms. The Labute approximate surface area is 165 Å². The molecule has 1 saturated heterocycles. The fourth-order valence-corrected chi connectivity index (χ4v) is 3.31. The van der Waals surface area contributed by atoms with Crippen LogP contribution in [0.1, 0.15) is 40.2 Å². The molecule has 1 aromatic heterocycles. The molecule has 0 aliphatic carbocycles. The number of hydrogen-bond donors (Lipinski definition) is 0. The van der Waals surface area contributed by atoms with Crippen molar-refractivity contribution in [1.29, 1.82) is 0 Å². The summed E-state index contributed by atoms with van der Waals surface area (Å²) in [5.41, 5.74) is 2.14. The van der Waals surface area contributed by atoms with Gasteiger partial charge in [0.05, 0.1) is 16.9 Å². The van der Waals surface area contributed by atoms with E-state index in [4.69, 9.17) is 9.31 Å². The topological polar surface area (TPSA) is 53.4 Å². The first-order valence-electron chi connectivity index (χ1n) is 8.97. The minimum absolute atomic E-state index is 0.0754. The fraction of sp³-hybridized carbons (Fsp3) is 0.400. The van der Waals surface area contributed by atoms with Crippen molar-refractivity contribution in [3.8, 4) is 5.69 Å². The normalized spacial score (nSPS) is 18.7. The lowest BCUT2D eigenvalue weighted by Crippen LogP contribution is -2.41. The molecule has 1 fully saturated rings. The smallest absolute Gasteiger partial charge is 0.400 e. The van der Waals surface area contributed by atoms with E-state index in [-0.39, 0.29) is 5.12 Å². The van der Waals surface area contributed by atoms with E-state index in [1.54, 1.807) is 13.1 Å². The molecule has 0 amide bonds. The van der Waals surface area contributed by atoms with Crippen LogP contribution in [0.15, 0.2) is 48.2 Å². The molecule has 1 aromatic carbocycles. The lowest BCUT2D eigenvalue weighted by Gasteiger charge is -2.32. The van der Waals surface area contributed by atoms with Gasteiger partial charge in [-0.1, -0.05) is 30.0 Å². The van der Waals surface area contributed by atoms with Gasteiger partial charge in [0.15, 0.2) is 5.12 Å². The number of hydrogen-bond acceptors (Lipinski definition) is 5. The number of rotatable bonds is 5. The van der Waals surface area contributed by atoms with E-state index < -0.39 is 18.3 Å². The SMILES string of the molecule is CC(=O)SCC(=Cc1ccc(-n2cccn2)cc1)B1OC(C)(C)C(C)(C)O1. The Morgan fingerprint density at radius 2 is 1.81 bits per heavy atom. The Bertz CT molecular complexity index is 813. The van der Waals surface area contributed by atoms with Crippen molar-refractivity contribution in [2.24, 2.45) is 0 Å². The van der Waals surface area contributed by atoms with Crippen LogP contribution in [0.2, 0.25) is 0 Å². The van der Waals surface area contributed by atoms with Crippen LogP contribution in [-0.2, 0) is 14.1 Å². The summed E-state index contributed by atoms with van der Waals surface area (Å²) in [5, 5.41) is 4.32. The van der Waals surface area contributed by atoms with Gasteiger partial charge in [0.25, 0.3) is 0 Å². The number of carbonyl (C=O) groups excluding carboxylic acids is 1. The van der Waals surface area contributed by atoms with Crippen LogP contribution >= 0.6 is 11.8 Å². The highest BCUT2D eigenvalue weighted by molar-refractivity contribution is 8.13. The van der Waals surface area contributed by atoms with Crippen molar-refractivity contribution < 1.29 is 14.1 Å². The van der Waals surface area contributed by atoms with E-state index in [1.165, 1.54) is 11.8 Å². The standard InChI is InChI=1S/C20H25BN2O3S/c1-15(24)27-14-17(21-25-19(2,3)20(4,5)26-21)13-16-7-9-18(10-8-16)23-12-6-11-22-23/h6-13H,14H2,1-5H3. The average molecular weight is 384 g/mol. The molecular formula is C20H25BN2O3S. The first-order valence-corrected chi connectivity index (χ1v) is 9.96. The van der Waals surface area contributed by atoms with Crippen LogP contribution in [0.4, 0.5) is 0 Å². The zero-order valence-electron chi connectivity index (χ0n) is 16.4. The zero-order valence-corrected chi connectivity index (χ0v) is 17.2. The van der Waals surface area contributed by atoms with E-state index >= 15 is 0 Å².